The summed E-state index contributed by atoms with van der Waals surface area (Å²) in [5.74, 6) is 2.48. The molecule has 0 aliphatic heterocycles. The van der Waals surface area contributed by atoms with Gasteiger partial charge in [-0.1, -0.05) is 0 Å². The van der Waals surface area contributed by atoms with E-state index < -0.39 is 6.10 Å². The van der Waals surface area contributed by atoms with Gasteiger partial charge in [0.15, 0.2) is 0 Å². The van der Waals surface area contributed by atoms with Gasteiger partial charge in [0.1, 0.15) is 0 Å². The molecule has 1 aromatic heterocycles. The third-order valence-corrected chi connectivity index (χ3v) is 2.12. The van der Waals surface area contributed by atoms with E-state index in [0.29, 0.717) is 18.5 Å². The Morgan fingerprint density at radius 3 is 2.92 bits per heavy atom. The third kappa shape index (κ3) is 3.17. The lowest BCUT2D eigenvalue weighted by Crippen LogP contribution is -1.99. The Balaban J connectivity index is 2.62. The summed E-state index contributed by atoms with van der Waals surface area (Å²) in [7, 11) is 0. The van der Waals surface area contributed by atoms with E-state index in [-0.39, 0.29) is 0 Å². The Kier molecular flexibility index (Phi) is 3.94. The van der Waals surface area contributed by atoms with Crippen molar-refractivity contribution < 1.29 is 5.11 Å². The van der Waals surface area contributed by atoms with Crippen LogP contribution in [0.15, 0.2) is 22.8 Å². The lowest BCUT2D eigenvalue weighted by molar-refractivity contribution is 0.164. The summed E-state index contributed by atoms with van der Waals surface area (Å²) in [6.45, 7) is 0. The molecule has 0 radical (unpaired) electrons. The van der Waals surface area contributed by atoms with E-state index in [4.69, 9.17) is 6.42 Å². The van der Waals surface area contributed by atoms with Crippen molar-refractivity contribution in [3.63, 3.8) is 0 Å². The fourth-order valence-corrected chi connectivity index (χ4v) is 1.19. The molecule has 0 saturated carbocycles. The minimum absolute atomic E-state index is 0.552. The molecule has 68 valence electrons. The Morgan fingerprint density at radius 1 is 1.62 bits per heavy atom. The van der Waals surface area contributed by atoms with Gasteiger partial charge in [0.2, 0.25) is 0 Å². The normalized spacial score (nSPS) is 12.1. The van der Waals surface area contributed by atoms with E-state index in [2.05, 4.69) is 26.8 Å². The molecule has 1 heterocycles. The van der Waals surface area contributed by atoms with Gasteiger partial charge >= 0.3 is 0 Å². The van der Waals surface area contributed by atoms with Gasteiger partial charge in [0.25, 0.3) is 0 Å². The summed E-state index contributed by atoms with van der Waals surface area (Å²) < 4.78 is 0.903. The average molecular weight is 240 g/mol. The van der Waals surface area contributed by atoms with Crippen molar-refractivity contribution in [3.8, 4) is 12.3 Å². The van der Waals surface area contributed by atoms with Gasteiger partial charge in [0, 0.05) is 17.1 Å². The second-order valence-electron chi connectivity index (χ2n) is 2.66. The molecule has 1 rings (SSSR count). The van der Waals surface area contributed by atoms with Crippen molar-refractivity contribution in [2.45, 2.75) is 18.9 Å². The van der Waals surface area contributed by atoms with E-state index in [1.165, 1.54) is 0 Å². The first-order chi connectivity index (χ1) is 6.24. The highest BCUT2D eigenvalue weighted by atomic mass is 79.9. The van der Waals surface area contributed by atoms with Crippen molar-refractivity contribution >= 4 is 15.9 Å². The molecule has 0 saturated heterocycles. The molecule has 2 nitrogen and oxygen atoms in total. The number of rotatable bonds is 3. The minimum atomic E-state index is -0.552. The van der Waals surface area contributed by atoms with Crippen molar-refractivity contribution in [2.24, 2.45) is 0 Å². The lowest BCUT2D eigenvalue weighted by atomic mass is 10.1. The number of aliphatic hydroxyl groups excluding tert-OH is 1. The number of aliphatic hydroxyl groups is 1. The molecule has 13 heavy (non-hydrogen) atoms. The Hall–Kier alpha value is -0.850. The van der Waals surface area contributed by atoms with E-state index in [0.717, 1.165) is 4.47 Å². The minimum Gasteiger partial charge on any atom is -0.387 e. The number of terminal acetylenes is 1. The molecule has 0 bridgehead atoms. The first kappa shape index (κ1) is 10.2. The number of nitrogens with zero attached hydrogens (tertiary/aromatic N) is 1. The number of halogens is 1. The van der Waals surface area contributed by atoms with Gasteiger partial charge in [-0.05, 0) is 34.5 Å². The monoisotopic (exact) mass is 239 g/mol. The third-order valence-electron chi connectivity index (χ3n) is 1.65. The van der Waals surface area contributed by atoms with Crippen LogP contribution in [-0.2, 0) is 0 Å². The molecular weight excluding hydrogens is 230 g/mol. The van der Waals surface area contributed by atoms with Crippen LogP contribution >= 0.6 is 15.9 Å². The summed E-state index contributed by atoms with van der Waals surface area (Å²) in [5, 5.41) is 9.57. The zero-order chi connectivity index (χ0) is 9.68. The molecule has 3 heteroatoms. The van der Waals surface area contributed by atoms with Gasteiger partial charge in [-0.25, -0.2) is 0 Å². The molecule has 0 aliphatic rings. The predicted octanol–water partition coefficient (Wildman–Crippen LogP) is 2.29. The zero-order valence-electron chi connectivity index (χ0n) is 7.07. The zero-order valence-corrected chi connectivity index (χ0v) is 8.66. The van der Waals surface area contributed by atoms with Crippen LogP contribution in [0.2, 0.25) is 0 Å². The fourth-order valence-electron chi connectivity index (χ4n) is 0.952. The summed E-state index contributed by atoms with van der Waals surface area (Å²) in [5.41, 5.74) is 0.665. The van der Waals surface area contributed by atoms with E-state index >= 15 is 0 Å². The maximum Gasteiger partial charge on any atom is 0.0968 e. The van der Waals surface area contributed by atoms with Gasteiger partial charge in [0.05, 0.1) is 11.8 Å². The highest BCUT2D eigenvalue weighted by Gasteiger charge is 2.06. The van der Waals surface area contributed by atoms with Gasteiger partial charge in [-0.2, -0.15) is 0 Å². The van der Waals surface area contributed by atoms with Gasteiger partial charge in [-0.15, -0.1) is 12.3 Å². The highest BCUT2D eigenvalue weighted by Crippen LogP contribution is 2.17. The largest absolute Gasteiger partial charge is 0.387 e. The molecule has 1 N–H and O–H groups in total. The van der Waals surface area contributed by atoms with Crippen molar-refractivity contribution in [1.82, 2.24) is 4.98 Å². The second kappa shape index (κ2) is 5.00. The predicted molar refractivity (Wildman–Crippen MR) is 55.0 cm³/mol. The maximum atomic E-state index is 9.57. The van der Waals surface area contributed by atoms with Crippen LogP contribution in [0, 0.1) is 12.3 Å². The Morgan fingerprint density at radius 2 is 2.38 bits per heavy atom. The molecule has 1 aromatic rings. The van der Waals surface area contributed by atoms with E-state index in [1.807, 2.05) is 6.07 Å². The summed E-state index contributed by atoms with van der Waals surface area (Å²) in [6.07, 6.45) is 7.33. The fraction of sp³-hybridized carbons (Fsp3) is 0.300. The first-order valence-electron chi connectivity index (χ1n) is 3.97. The second-order valence-corrected chi connectivity index (χ2v) is 3.58. The Labute approximate surface area is 86.1 Å². The van der Waals surface area contributed by atoms with Crippen LogP contribution in [0.5, 0.6) is 0 Å². The quantitative estimate of drug-likeness (QED) is 0.822. The summed E-state index contributed by atoms with van der Waals surface area (Å²) in [4.78, 5) is 4.07. The number of pyridine rings is 1. The van der Waals surface area contributed by atoms with Crippen LogP contribution in [-0.4, -0.2) is 10.1 Å². The lowest BCUT2D eigenvalue weighted by Gasteiger charge is -2.07. The number of aromatic nitrogens is 1. The molecule has 0 aliphatic carbocycles. The number of hydrogen-bond donors (Lipinski definition) is 1. The molecule has 1 atom stereocenters. The SMILES string of the molecule is C#CCCC(O)c1ccc(Br)cn1. The van der Waals surface area contributed by atoms with E-state index in [1.54, 1.807) is 12.3 Å². The maximum absolute atomic E-state index is 9.57. The van der Waals surface area contributed by atoms with Gasteiger partial charge < -0.3 is 5.11 Å². The van der Waals surface area contributed by atoms with Crippen molar-refractivity contribution in [3.05, 3.63) is 28.5 Å². The average Bonchev–Trinajstić information content (AvgIpc) is 2.15. The highest BCUT2D eigenvalue weighted by molar-refractivity contribution is 9.10. The first-order valence-corrected chi connectivity index (χ1v) is 4.76. The number of hydrogen-bond acceptors (Lipinski definition) is 2. The topological polar surface area (TPSA) is 33.1 Å². The van der Waals surface area contributed by atoms with Crippen LogP contribution in [0.25, 0.3) is 0 Å². The molecule has 0 aromatic carbocycles. The van der Waals surface area contributed by atoms with Crippen molar-refractivity contribution in [2.75, 3.05) is 0 Å². The standard InChI is InChI=1S/C10H10BrNO/c1-2-3-4-10(13)9-6-5-8(11)7-12-9/h1,5-7,10,13H,3-4H2. The van der Waals surface area contributed by atoms with E-state index in [9.17, 15) is 5.11 Å². The smallest absolute Gasteiger partial charge is 0.0968 e. The van der Waals surface area contributed by atoms with Crippen LogP contribution in [0.1, 0.15) is 24.6 Å². The molecule has 1 unspecified atom stereocenters. The molecular formula is C10H10BrNO. The van der Waals surface area contributed by atoms with Crippen LogP contribution < -0.4 is 0 Å². The van der Waals surface area contributed by atoms with Crippen LogP contribution in [0.3, 0.4) is 0 Å². The molecule has 0 amide bonds. The molecule has 0 fully saturated rings. The summed E-state index contributed by atoms with van der Waals surface area (Å²) in [6, 6.07) is 3.63. The van der Waals surface area contributed by atoms with Crippen LogP contribution in [0.4, 0.5) is 0 Å². The summed E-state index contributed by atoms with van der Waals surface area (Å²) >= 11 is 3.27. The molecule has 0 spiro atoms. The van der Waals surface area contributed by atoms with Crippen molar-refractivity contribution in [1.29, 1.82) is 0 Å². The van der Waals surface area contributed by atoms with Gasteiger partial charge in [-0.3, -0.25) is 4.98 Å². The Bertz CT molecular complexity index is 302.